The smallest absolute Gasteiger partial charge is 0.310 e. The number of methoxy groups -OCH3 is 1. The average molecular weight is 278 g/mol. The monoisotopic (exact) mass is 277 g/mol. The van der Waals surface area contributed by atoms with Crippen LogP contribution in [0.5, 0.6) is 0 Å². The molecule has 0 aliphatic heterocycles. The SMILES string of the molecule is COC(=O)Cc1cc(CCl)cc([N+](=O)[O-])c1Cl. The molecule has 5 nitrogen and oxygen atoms in total. The van der Waals surface area contributed by atoms with Gasteiger partial charge in [0.2, 0.25) is 0 Å². The van der Waals surface area contributed by atoms with E-state index in [1.807, 2.05) is 0 Å². The molecule has 92 valence electrons. The lowest BCUT2D eigenvalue weighted by Crippen LogP contribution is -2.06. The van der Waals surface area contributed by atoms with Crippen molar-refractivity contribution in [2.75, 3.05) is 7.11 Å². The minimum absolute atomic E-state index is 0.0609. The zero-order valence-electron chi connectivity index (χ0n) is 8.91. The third-order valence-corrected chi connectivity index (χ3v) is 2.85. The van der Waals surface area contributed by atoms with Gasteiger partial charge in [-0.05, 0) is 11.1 Å². The summed E-state index contributed by atoms with van der Waals surface area (Å²) in [7, 11) is 1.23. The summed E-state index contributed by atoms with van der Waals surface area (Å²) in [5, 5.41) is 10.7. The molecule has 0 atom stereocenters. The van der Waals surface area contributed by atoms with Gasteiger partial charge in [0.1, 0.15) is 5.02 Å². The van der Waals surface area contributed by atoms with E-state index in [-0.39, 0.29) is 23.0 Å². The number of ether oxygens (including phenoxy) is 1. The highest BCUT2D eigenvalue weighted by molar-refractivity contribution is 6.33. The quantitative estimate of drug-likeness (QED) is 0.367. The van der Waals surface area contributed by atoms with Gasteiger partial charge in [0.25, 0.3) is 5.69 Å². The van der Waals surface area contributed by atoms with E-state index in [0.29, 0.717) is 11.1 Å². The maximum atomic E-state index is 11.1. The fourth-order valence-corrected chi connectivity index (χ4v) is 1.70. The van der Waals surface area contributed by atoms with Crippen molar-refractivity contribution in [2.45, 2.75) is 12.3 Å². The van der Waals surface area contributed by atoms with Crippen LogP contribution in [0.25, 0.3) is 0 Å². The maximum absolute atomic E-state index is 11.1. The standard InChI is InChI=1S/C10H9Cl2NO4/c1-17-9(14)4-7-2-6(5-11)3-8(10(7)12)13(15)16/h2-3H,4-5H2,1H3. The Labute approximate surface area is 107 Å². The Morgan fingerprint density at radius 1 is 1.53 bits per heavy atom. The van der Waals surface area contributed by atoms with Crippen molar-refractivity contribution in [1.82, 2.24) is 0 Å². The number of hydrogen-bond acceptors (Lipinski definition) is 4. The second kappa shape index (κ2) is 5.84. The van der Waals surface area contributed by atoms with Crippen LogP contribution in [-0.4, -0.2) is 18.0 Å². The van der Waals surface area contributed by atoms with Crippen molar-refractivity contribution in [1.29, 1.82) is 0 Å². The summed E-state index contributed by atoms with van der Waals surface area (Å²) in [6, 6.07) is 2.84. The van der Waals surface area contributed by atoms with Crippen molar-refractivity contribution in [3.05, 3.63) is 38.4 Å². The first-order valence-electron chi connectivity index (χ1n) is 4.58. The number of nitrogens with zero attached hydrogens (tertiary/aromatic N) is 1. The van der Waals surface area contributed by atoms with Crippen LogP contribution in [0.3, 0.4) is 0 Å². The van der Waals surface area contributed by atoms with Gasteiger partial charge in [-0.3, -0.25) is 14.9 Å². The Hall–Kier alpha value is -1.33. The zero-order chi connectivity index (χ0) is 13.0. The van der Waals surface area contributed by atoms with Gasteiger partial charge < -0.3 is 4.74 Å². The molecule has 17 heavy (non-hydrogen) atoms. The van der Waals surface area contributed by atoms with E-state index in [9.17, 15) is 14.9 Å². The molecular weight excluding hydrogens is 269 g/mol. The van der Waals surface area contributed by atoms with E-state index in [4.69, 9.17) is 23.2 Å². The molecular formula is C10H9Cl2NO4. The average Bonchev–Trinajstić information content (AvgIpc) is 2.31. The summed E-state index contributed by atoms with van der Waals surface area (Å²) in [5.74, 6) is -0.417. The molecule has 0 N–H and O–H groups in total. The lowest BCUT2D eigenvalue weighted by Gasteiger charge is -2.06. The van der Waals surface area contributed by atoms with E-state index in [2.05, 4.69) is 4.74 Å². The van der Waals surface area contributed by atoms with E-state index in [1.54, 1.807) is 6.07 Å². The maximum Gasteiger partial charge on any atom is 0.310 e. The topological polar surface area (TPSA) is 69.4 Å². The zero-order valence-corrected chi connectivity index (χ0v) is 10.4. The summed E-state index contributed by atoms with van der Waals surface area (Å²) in [6.45, 7) is 0. The molecule has 1 rings (SSSR count). The largest absolute Gasteiger partial charge is 0.469 e. The molecule has 0 amide bonds. The highest BCUT2D eigenvalue weighted by atomic mass is 35.5. The molecule has 0 heterocycles. The van der Waals surface area contributed by atoms with Crippen molar-refractivity contribution in [3.63, 3.8) is 0 Å². The minimum Gasteiger partial charge on any atom is -0.469 e. The van der Waals surface area contributed by atoms with Crippen molar-refractivity contribution < 1.29 is 14.5 Å². The number of hydrogen-bond donors (Lipinski definition) is 0. The molecule has 0 bridgehead atoms. The van der Waals surface area contributed by atoms with Gasteiger partial charge in [0.15, 0.2) is 0 Å². The molecule has 1 aromatic rings. The second-order valence-corrected chi connectivity index (χ2v) is 3.88. The van der Waals surface area contributed by atoms with Crippen LogP contribution in [0.15, 0.2) is 12.1 Å². The third kappa shape index (κ3) is 3.31. The molecule has 0 aliphatic carbocycles. The molecule has 0 saturated carbocycles. The van der Waals surface area contributed by atoms with E-state index >= 15 is 0 Å². The molecule has 0 aliphatic rings. The number of rotatable bonds is 4. The molecule has 7 heteroatoms. The predicted molar refractivity (Wildman–Crippen MR) is 63.4 cm³/mol. The summed E-state index contributed by atoms with van der Waals surface area (Å²) in [4.78, 5) is 21.3. The van der Waals surface area contributed by atoms with Crippen molar-refractivity contribution in [3.8, 4) is 0 Å². The molecule has 0 fully saturated rings. The fourth-order valence-electron chi connectivity index (χ4n) is 1.30. The van der Waals surface area contributed by atoms with Gasteiger partial charge in [-0.25, -0.2) is 0 Å². The first-order chi connectivity index (χ1) is 7.99. The molecule has 0 saturated heterocycles. The van der Waals surface area contributed by atoms with E-state index in [1.165, 1.54) is 13.2 Å². The molecule has 0 unspecified atom stereocenters. The number of esters is 1. The molecule has 1 aromatic carbocycles. The summed E-state index contributed by atoms with van der Waals surface area (Å²) in [5.41, 5.74) is 0.605. The van der Waals surface area contributed by atoms with Gasteiger partial charge in [0, 0.05) is 11.9 Å². The highest BCUT2D eigenvalue weighted by Crippen LogP contribution is 2.30. The van der Waals surface area contributed by atoms with Gasteiger partial charge in [-0.2, -0.15) is 0 Å². The van der Waals surface area contributed by atoms with Crippen LogP contribution in [-0.2, 0) is 21.8 Å². The van der Waals surface area contributed by atoms with Gasteiger partial charge in [-0.15, -0.1) is 11.6 Å². The van der Waals surface area contributed by atoms with Gasteiger partial charge in [-0.1, -0.05) is 17.7 Å². The van der Waals surface area contributed by atoms with Crippen LogP contribution in [0.1, 0.15) is 11.1 Å². The fraction of sp³-hybridized carbons (Fsp3) is 0.300. The second-order valence-electron chi connectivity index (χ2n) is 3.23. The minimum atomic E-state index is -0.612. The molecule has 0 radical (unpaired) electrons. The number of alkyl halides is 1. The van der Waals surface area contributed by atoms with Crippen molar-refractivity contribution in [2.24, 2.45) is 0 Å². The molecule has 0 spiro atoms. The van der Waals surface area contributed by atoms with Crippen LogP contribution in [0, 0.1) is 10.1 Å². The summed E-state index contributed by atoms with van der Waals surface area (Å²) in [6.07, 6.45) is -0.124. The van der Waals surface area contributed by atoms with Crippen molar-refractivity contribution >= 4 is 34.9 Å². The third-order valence-electron chi connectivity index (χ3n) is 2.10. The number of carbonyl (C=O) groups is 1. The lowest BCUT2D eigenvalue weighted by atomic mass is 10.1. The molecule has 0 aromatic heterocycles. The highest BCUT2D eigenvalue weighted by Gasteiger charge is 2.19. The summed E-state index contributed by atoms with van der Waals surface area (Å²) >= 11 is 11.5. The van der Waals surface area contributed by atoms with Crippen LogP contribution < -0.4 is 0 Å². The predicted octanol–water partition coefficient (Wildman–Crippen LogP) is 2.70. The number of carbonyl (C=O) groups excluding carboxylic acids is 1. The van der Waals surface area contributed by atoms with Crippen LogP contribution in [0.4, 0.5) is 5.69 Å². The Bertz CT molecular complexity index is 462. The number of nitro groups is 1. The Balaban J connectivity index is 3.23. The Morgan fingerprint density at radius 2 is 2.18 bits per heavy atom. The number of halogens is 2. The van der Waals surface area contributed by atoms with E-state index < -0.39 is 10.9 Å². The van der Waals surface area contributed by atoms with Crippen LogP contribution in [0.2, 0.25) is 5.02 Å². The summed E-state index contributed by atoms with van der Waals surface area (Å²) < 4.78 is 4.48. The van der Waals surface area contributed by atoms with E-state index in [0.717, 1.165) is 0 Å². The number of nitro benzene ring substituents is 1. The lowest BCUT2D eigenvalue weighted by molar-refractivity contribution is -0.384. The first kappa shape index (κ1) is 13.7. The van der Waals surface area contributed by atoms with Gasteiger partial charge in [0.05, 0.1) is 18.5 Å². The Morgan fingerprint density at radius 3 is 2.65 bits per heavy atom. The normalized spacial score (nSPS) is 10.1. The first-order valence-corrected chi connectivity index (χ1v) is 5.49. The number of benzene rings is 1. The Kier molecular flexibility index (Phi) is 4.72. The van der Waals surface area contributed by atoms with Gasteiger partial charge >= 0.3 is 5.97 Å². The van der Waals surface area contributed by atoms with Crippen LogP contribution >= 0.6 is 23.2 Å².